The fraction of sp³-hybridized carbons (Fsp3) is 0.417. The van der Waals surface area contributed by atoms with Gasteiger partial charge in [-0.3, -0.25) is 4.79 Å². The summed E-state index contributed by atoms with van der Waals surface area (Å²) in [5, 5.41) is 6.01. The van der Waals surface area contributed by atoms with Crippen LogP contribution in [0.5, 0.6) is 0 Å². The molecule has 1 atom stereocenters. The van der Waals surface area contributed by atoms with Crippen molar-refractivity contribution in [2.75, 3.05) is 13.1 Å². The molecule has 1 heterocycles. The molecule has 0 saturated carbocycles. The Morgan fingerprint density at radius 1 is 1.40 bits per heavy atom. The van der Waals surface area contributed by atoms with E-state index in [1.165, 1.54) is 5.56 Å². The highest BCUT2D eigenvalue weighted by Gasteiger charge is 2.23. The van der Waals surface area contributed by atoms with Crippen molar-refractivity contribution in [2.24, 2.45) is 0 Å². The zero-order chi connectivity index (χ0) is 10.5. The molecule has 1 fully saturated rings. The minimum atomic E-state index is 0.0563. The Bertz CT molecular complexity index is 320. The van der Waals surface area contributed by atoms with E-state index < -0.39 is 0 Å². The van der Waals surface area contributed by atoms with Gasteiger partial charge in [-0.1, -0.05) is 30.3 Å². The van der Waals surface area contributed by atoms with Gasteiger partial charge in [0.05, 0.1) is 6.04 Å². The average Bonchev–Trinajstić information content (AvgIpc) is 2.16. The second-order valence-corrected chi connectivity index (χ2v) is 3.82. The Kier molecular flexibility index (Phi) is 3.35. The first-order valence-electron chi connectivity index (χ1n) is 5.41. The molecule has 0 bridgehead atoms. The quantitative estimate of drug-likeness (QED) is 0.758. The van der Waals surface area contributed by atoms with Crippen LogP contribution in [0.1, 0.15) is 12.0 Å². The molecule has 80 valence electrons. The van der Waals surface area contributed by atoms with Gasteiger partial charge >= 0.3 is 0 Å². The molecule has 1 aliphatic rings. The van der Waals surface area contributed by atoms with Gasteiger partial charge in [-0.25, -0.2) is 0 Å². The van der Waals surface area contributed by atoms with Crippen molar-refractivity contribution in [2.45, 2.75) is 18.9 Å². The smallest absolute Gasteiger partial charge is 0.237 e. The summed E-state index contributed by atoms with van der Waals surface area (Å²) < 4.78 is 0. The molecule has 3 nitrogen and oxygen atoms in total. The van der Waals surface area contributed by atoms with E-state index in [2.05, 4.69) is 22.8 Å². The van der Waals surface area contributed by atoms with Crippen LogP contribution < -0.4 is 10.6 Å². The number of benzene rings is 1. The van der Waals surface area contributed by atoms with E-state index >= 15 is 0 Å². The van der Waals surface area contributed by atoms with Gasteiger partial charge in [-0.2, -0.15) is 0 Å². The maximum absolute atomic E-state index is 11.4. The molecule has 2 rings (SSSR count). The van der Waals surface area contributed by atoms with Crippen LogP contribution in [0.25, 0.3) is 0 Å². The van der Waals surface area contributed by atoms with Crippen molar-refractivity contribution in [3.05, 3.63) is 35.9 Å². The summed E-state index contributed by atoms with van der Waals surface area (Å²) in [5.41, 5.74) is 1.26. The third-order valence-electron chi connectivity index (χ3n) is 2.70. The minimum Gasteiger partial charge on any atom is -0.354 e. The molecule has 3 heteroatoms. The molecule has 0 unspecified atom stereocenters. The first kappa shape index (κ1) is 10.2. The highest BCUT2D eigenvalue weighted by Crippen LogP contribution is 2.02. The Morgan fingerprint density at radius 2 is 2.13 bits per heavy atom. The zero-order valence-corrected chi connectivity index (χ0v) is 8.70. The van der Waals surface area contributed by atoms with Crippen molar-refractivity contribution in [3.63, 3.8) is 0 Å². The molecule has 15 heavy (non-hydrogen) atoms. The van der Waals surface area contributed by atoms with Gasteiger partial charge < -0.3 is 10.6 Å². The molecule has 0 spiro atoms. The van der Waals surface area contributed by atoms with E-state index in [0.717, 1.165) is 25.9 Å². The minimum absolute atomic E-state index is 0.0563. The number of hydrogen-bond acceptors (Lipinski definition) is 2. The normalized spacial score (nSPS) is 19.3. The summed E-state index contributed by atoms with van der Waals surface area (Å²) >= 11 is 0. The lowest BCUT2D eigenvalue weighted by Gasteiger charge is -2.26. The van der Waals surface area contributed by atoms with Crippen molar-refractivity contribution in [1.29, 1.82) is 0 Å². The summed E-state index contributed by atoms with van der Waals surface area (Å²) in [6.07, 6.45) is 1.87. The Labute approximate surface area is 89.9 Å². The molecule has 0 aromatic heterocycles. The highest BCUT2D eigenvalue weighted by molar-refractivity contribution is 5.82. The maximum Gasteiger partial charge on any atom is 0.237 e. The number of carbonyl (C=O) groups is 1. The van der Waals surface area contributed by atoms with E-state index in [4.69, 9.17) is 0 Å². The summed E-state index contributed by atoms with van der Waals surface area (Å²) in [7, 11) is 0. The summed E-state index contributed by atoms with van der Waals surface area (Å²) in [5.74, 6) is 0.136. The van der Waals surface area contributed by atoms with Gasteiger partial charge in [0, 0.05) is 6.54 Å². The number of carbonyl (C=O) groups excluding carboxylic acids is 1. The third kappa shape index (κ3) is 2.80. The molecule has 1 aliphatic heterocycles. The monoisotopic (exact) mass is 204 g/mol. The van der Waals surface area contributed by atoms with Gasteiger partial charge in [-0.05, 0) is 24.9 Å². The highest BCUT2D eigenvalue weighted by atomic mass is 16.2. The third-order valence-corrected chi connectivity index (χ3v) is 2.70. The fourth-order valence-corrected chi connectivity index (χ4v) is 1.61. The van der Waals surface area contributed by atoms with Crippen LogP contribution >= 0.6 is 0 Å². The molecule has 1 amide bonds. The van der Waals surface area contributed by atoms with E-state index in [1.807, 2.05) is 18.2 Å². The average molecular weight is 204 g/mol. The van der Waals surface area contributed by atoms with Crippen LogP contribution in [-0.4, -0.2) is 25.0 Å². The van der Waals surface area contributed by atoms with Crippen LogP contribution in [-0.2, 0) is 11.2 Å². The van der Waals surface area contributed by atoms with Crippen molar-refractivity contribution < 1.29 is 4.79 Å². The van der Waals surface area contributed by atoms with Gasteiger partial charge in [-0.15, -0.1) is 0 Å². The van der Waals surface area contributed by atoms with E-state index in [0.29, 0.717) is 0 Å². The molecular formula is C12H16N2O. The van der Waals surface area contributed by atoms with Crippen LogP contribution in [0.4, 0.5) is 0 Å². The molecule has 0 radical (unpaired) electrons. The lowest BCUT2D eigenvalue weighted by Crippen LogP contribution is -2.53. The Hall–Kier alpha value is -1.35. The second-order valence-electron chi connectivity index (χ2n) is 3.82. The first-order valence-corrected chi connectivity index (χ1v) is 5.41. The number of rotatable bonds is 4. The number of amides is 1. The predicted molar refractivity (Wildman–Crippen MR) is 59.6 cm³/mol. The van der Waals surface area contributed by atoms with Crippen LogP contribution in [0.3, 0.4) is 0 Å². The van der Waals surface area contributed by atoms with Crippen molar-refractivity contribution in [1.82, 2.24) is 10.6 Å². The van der Waals surface area contributed by atoms with Gasteiger partial charge in [0.25, 0.3) is 0 Å². The van der Waals surface area contributed by atoms with Crippen LogP contribution in [0.2, 0.25) is 0 Å². The summed E-state index contributed by atoms with van der Waals surface area (Å²) in [6.45, 7) is 1.69. The molecule has 1 aromatic rings. The lowest BCUT2D eigenvalue weighted by molar-refractivity contribution is -0.124. The first-order chi connectivity index (χ1) is 7.36. The van der Waals surface area contributed by atoms with Crippen LogP contribution in [0.15, 0.2) is 30.3 Å². The fourth-order valence-electron chi connectivity index (χ4n) is 1.61. The number of hydrogen-bond donors (Lipinski definition) is 2. The lowest BCUT2D eigenvalue weighted by atomic mass is 10.1. The van der Waals surface area contributed by atoms with Gasteiger partial charge in [0.1, 0.15) is 0 Å². The zero-order valence-electron chi connectivity index (χ0n) is 8.70. The van der Waals surface area contributed by atoms with Crippen molar-refractivity contribution in [3.8, 4) is 0 Å². The standard InChI is InChI=1S/C12H16N2O/c15-12(11-7-9-13-11)14-8-6-10-4-2-1-3-5-10/h1-5,11,13H,6-9H2,(H,14,15)/t11-/m1/s1. The van der Waals surface area contributed by atoms with E-state index in [1.54, 1.807) is 0 Å². The van der Waals surface area contributed by atoms with Crippen LogP contribution in [0, 0.1) is 0 Å². The summed E-state index contributed by atoms with van der Waals surface area (Å²) in [4.78, 5) is 11.4. The number of nitrogens with one attached hydrogen (secondary N) is 2. The predicted octanol–water partition coefficient (Wildman–Crippen LogP) is 0.707. The summed E-state index contributed by atoms with van der Waals surface area (Å²) in [6, 6.07) is 10.2. The molecular weight excluding hydrogens is 188 g/mol. The van der Waals surface area contributed by atoms with Gasteiger partial charge in [0.15, 0.2) is 0 Å². The Morgan fingerprint density at radius 3 is 2.73 bits per heavy atom. The molecule has 0 aliphatic carbocycles. The molecule has 2 N–H and O–H groups in total. The largest absolute Gasteiger partial charge is 0.354 e. The molecule has 1 saturated heterocycles. The topological polar surface area (TPSA) is 41.1 Å². The Balaban J connectivity index is 1.68. The second kappa shape index (κ2) is 4.94. The SMILES string of the molecule is O=C(NCCc1ccccc1)[C@H]1CCN1. The maximum atomic E-state index is 11.4. The van der Waals surface area contributed by atoms with E-state index in [-0.39, 0.29) is 11.9 Å². The van der Waals surface area contributed by atoms with Gasteiger partial charge in [0.2, 0.25) is 5.91 Å². The molecule has 1 aromatic carbocycles. The van der Waals surface area contributed by atoms with Crippen molar-refractivity contribution >= 4 is 5.91 Å². The van der Waals surface area contributed by atoms with E-state index in [9.17, 15) is 4.79 Å².